The molecule has 2 aromatic rings. The monoisotopic (exact) mass is 274 g/mol. The fourth-order valence-electron chi connectivity index (χ4n) is 2.35. The van der Waals surface area contributed by atoms with Crippen LogP contribution in [0.2, 0.25) is 0 Å². The Hall–Kier alpha value is -2.50. The summed E-state index contributed by atoms with van der Waals surface area (Å²) in [4.78, 5) is 25.0. The summed E-state index contributed by atoms with van der Waals surface area (Å²) in [6.45, 7) is 3.51. The molecule has 1 amide bonds. The van der Waals surface area contributed by atoms with E-state index in [1.165, 1.54) is 18.2 Å². The Bertz CT molecular complexity index is 717. The quantitative estimate of drug-likeness (QED) is 0.787. The molecule has 0 fully saturated rings. The summed E-state index contributed by atoms with van der Waals surface area (Å²) < 4.78 is 19.0. The van der Waals surface area contributed by atoms with Gasteiger partial charge in [0.1, 0.15) is 11.6 Å². The summed E-state index contributed by atoms with van der Waals surface area (Å²) in [5.74, 6) is -1.46. The number of ketones is 1. The van der Waals surface area contributed by atoms with Gasteiger partial charge in [-0.3, -0.25) is 14.5 Å². The third-order valence-corrected chi connectivity index (χ3v) is 3.44. The number of anilines is 1. The Kier molecular flexibility index (Phi) is 2.67. The molecule has 0 saturated carbocycles. The zero-order valence-corrected chi connectivity index (χ0v) is 10.9. The van der Waals surface area contributed by atoms with E-state index in [2.05, 4.69) is 5.16 Å². The van der Waals surface area contributed by atoms with Gasteiger partial charge in [0.05, 0.1) is 23.5 Å². The molecule has 0 saturated heterocycles. The molecule has 0 aliphatic carbocycles. The number of hydrogen-bond donors (Lipinski definition) is 0. The van der Waals surface area contributed by atoms with Crippen molar-refractivity contribution in [3.63, 3.8) is 0 Å². The SMILES string of the molecule is Cc1noc(C)c1CN1C(=O)C(=O)c2cccc(F)c21. The molecule has 1 aliphatic heterocycles. The molecule has 0 unspecified atom stereocenters. The Labute approximate surface area is 114 Å². The van der Waals surface area contributed by atoms with E-state index in [0.29, 0.717) is 17.0 Å². The van der Waals surface area contributed by atoms with Gasteiger partial charge >= 0.3 is 0 Å². The van der Waals surface area contributed by atoms with Crippen LogP contribution in [0.25, 0.3) is 0 Å². The third-order valence-electron chi connectivity index (χ3n) is 3.44. The van der Waals surface area contributed by atoms with Crippen molar-refractivity contribution in [2.75, 3.05) is 4.90 Å². The fraction of sp³-hybridized carbons (Fsp3) is 0.214. The number of rotatable bonds is 2. The van der Waals surface area contributed by atoms with Gasteiger partial charge in [-0.1, -0.05) is 11.2 Å². The number of Topliss-reactive ketones (excluding diaryl/α,β-unsaturated/α-hetero) is 1. The predicted molar refractivity (Wildman–Crippen MR) is 67.9 cm³/mol. The van der Waals surface area contributed by atoms with Crippen molar-refractivity contribution in [2.45, 2.75) is 20.4 Å². The lowest BCUT2D eigenvalue weighted by atomic mass is 10.1. The minimum Gasteiger partial charge on any atom is -0.361 e. The molecule has 2 heterocycles. The van der Waals surface area contributed by atoms with Crippen molar-refractivity contribution in [3.8, 4) is 0 Å². The summed E-state index contributed by atoms with van der Waals surface area (Å²) in [6, 6.07) is 4.09. The lowest BCUT2D eigenvalue weighted by molar-refractivity contribution is -0.114. The molecule has 0 N–H and O–H groups in total. The van der Waals surface area contributed by atoms with Crippen molar-refractivity contribution in [1.82, 2.24) is 5.16 Å². The topological polar surface area (TPSA) is 63.4 Å². The van der Waals surface area contributed by atoms with Crippen LogP contribution in [0.15, 0.2) is 22.7 Å². The molecular formula is C14H11FN2O3. The highest BCUT2D eigenvalue weighted by Gasteiger charge is 2.38. The predicted octanol–water partition coefficient (Wildman–Crippen LogP) is 2.16. The number of fused-ring (bicyclic) bond motifs is 1. The third kappa shape index (κ3) is 1.65. The molecule has 0 atom stereocenters. The largest absolute Gasteiger partial charge is 0.361 e. The van der Waals surface area contributed by atoms with Crippen molar-refractivity contribution >= 4 is 17.4 Å². The number of halogens is 1. The molecule has 1 aromatic carbocycles. The number of aryl methyl sites for hydroxylation is 2. The van der Waals surface area contributed by atoms with Gasteiger partial charge in [0, 0.05) is 5.56 Å². The van der Waals surface area contributed by atoms with E-state index < -0.39 is 17.5 Å². The minimum atomic E-state index is -0.731. The van der Waals surface area contributed by atoms with Crippen LogP contribution in [-0.4, -0.2) is 16.8 Å². The number of carbonyl (C=O) groups is 2. The number of para-hydroxylation sites is 1. The van der Waals surface area contributed by atoms with Crippen LogP contribution < -0.4 is 4.90 Å². The Morgan fingerprint density at radius 1 is 1.30 bits per heavy atom. The molecule has 5 nitrogen and oxygen atoms in total. The van der Waals surface area contributed by atoms with Crippen LogP contribution >= 0.6 is 0 Å². The van der Waals surface area contributed by atoms with Crippen molar-refractivity contribution in [2.24, 2.45) is 0 Å². The van der Waals surface area contributed by atoms with Gasteiger partial charge < -0.3 is 4.52 Å². The van der Waals surface area contributed by atoms with E-state index in [9.17, 15) is 14.0 Å². The van der Waals surface area contributed by atoms with Gasteiger partial charge in [0.25, 0.3) is 11.7 Å². The van der Waals surface area contributed by atoms with E-state index >= 15 is 0 Å². The summed E-state index contributed by atoms with van der Waals surface area (Å²) >= 11 is 0. The number of carbonyl (C=O) groups excluding carboxylic acids is 2. The maximum Gasteiger partial charge on any atom is 0.299 e. The van der Waals surface area contributed by atoms with Crippen LogP contribution in [0, 0.1) is 19.7 Å². The molecule has 20 heavy (non-hydrogen) atoms. The van der Waals surface area contributed by atoms with Crippen LogP contribution in [0.1, 0.15) is 27.4 Å². The van der Waals surface area contributed by atoms with Gasteiger partial charge in [0.15, 0.2) is 0 Å². The van der Waals surface area contributed by atoms with Gasteiger partial charge in [-0.2, -0.15) is 0 Å². The van der Waals surface area contributed by atoms with Crippen molar-refractivity contribution < 1.29 is 18.5 Å². The van der Waals surface area contributed by atoms with Crippen LogP contribution in [0.3, 0.4) is 0 Å². The molecule has 3 rings (SSSR count). The standard InChI is InChI=1S/C14H11FN2O3/c1-7-10(8(2)20-16-7)6-17-12-9(13(18)14(17)19)4-3-5-11(12)15/h3-5H,6H2,1-2H3. The van der Waals surface area contributed by atoms with Crippen LogP contribution in [-0.2, 0) is 11.3 Å². The van der Waals surface area contributed by atoms with Crippen molar-refractivity contribution in [1.29, 1.82) is 0 Å². The zero-order chi connectivity index (χ0) is 14.4. The average molecular weight is 274 g/mol. The summed E-state index contributed by atoms with van der Waals surface area (Å²) in [5.41, 5.74) is 1.43. The number of amides is 1. The molecule has 0 spiro atoms. The highest BCUT2D eigenvalue weighted by atomic mass is 19.1. The first-order valence-electron chi connectivity index (χ1n) is 6.07. The molecular weight excluding hydrogens is 263 g/mol. The number of hydrogen-bond acceptors (Lipinski definition) is 4. The highest BCUT2D eigenvalue weighted by molar-refractivity contribution is 6.52. The zero-order valence-electron chi connectivity index (χ0n) is 10.9. The smallest absolute Gasteiger partial charge is 0.299 e. The molecule has 1 aromatic heterocycles. The fourth-order valence-corrected chi connectivity index (χ4v) is 2.35. The average Bonchev–Trinajstić information content (AvgIpc) is 2.86. The summed E-state index contributed by atoms with van der Waals surface area (Å²) in [7, 11) is 0. The first kappa shape index (κ1) is 12.5. The molecule has 0 radical (unpaired) electrons. The second kappa shape index (κ2) is 4.26. The Morgan fingerprint density at radius 2 is 2.05 bits per heavy atom. The highest BCUT2D eigenvalue weighted by Crippen LogP contribution is 2.33. The maximum absolute atomic E-state index is 13.9. The van der Waals surface area contributed by atoms with Crippen LogP contribution in [0.4, 0.5) is 10.1 Å². The second-order valence-electron chi connectivity index (χ2n) is 4.66. The van der Waals surface area contributed by atoms with Crippen molar-refractivity contribution in [3.05, 3.63) is 46.6 Å². The number of aromatic nitrogens is 1. The van der Waals surface area contributed by atoms with E-state index in [1.54, 1.807) is 13.8 Å². The number of benzene rings is 1. The molecule has 6 heteroatoms. The maximum atomic E-state index is 13.9. The molecule has 102 valence electrons. The first-order valence-corrected chi connectivity index (χ1v) is 6.07. The van der Waals surface area contributed by atoms with E-state index in [0.717, 1.165) is 4.90 Å². The molecule has 1 aliphatic rings. The second-order valence-corrected chi connectivity index (χ2v) is 4.66. The Balaban J connectivity index is 2.08. The molecule has 0 bridgehead atoms. The number of nitrogens with zero attached hydrogens (tertiary/aromatic N) is 2. The first-order chi connectivity index (χ1) is 9.50. The summed E-state index contributed by atoms with van der Waals surface area (Å²) in [6.07, 6.45) is 0. The summed E-state index contributed by atoms with van der Waals surface area (Å²) in [5, 5.41) is 3.79. The van der Waals surface area contributed by atoms with E-state index in [1.807, 2.05) is 0 Å². The normalized spacial score (nSPS) is 14.1. The minimum absolute atomic E-state index is 0.0301. The van der Waals surface area contributed by atoms with Gasteiger partial charge in [-0.05, 0) is 26.0 Å². The van der Waals surface area contributed by atoms with E-state index in [4.69, 9.17) is 4.52 Å². The Morgan fingerprint density at radius 3 is 2.70 bits per heavy atom. The lowest BCUT2D eigenvalue weighted by Crippen LogP contribution is -2.30. The van der Waals surface area contributed by atoms with Gasteiger partial charge in [-0.25, -0.2) is 4.39 Å². The van der Waals surface area contributed by atoms with Gasteiger partial charge in [-0.15, -0.1) is 0 Å². The van der Waals surface area contributed by atoms with E-state index in [-0.39, 0.29) is 17.8 Å². The lowest BCUT2D eigenvalue weighted by Gasteiger charge is -2.16. The van der Waals surface area contributed by atoms with Gasteiger partial charge in [0.2, 0.25) is 0 Å². The van der Waals surface area contributed by atoms with Crippen LogP contribution in [0.5, 0.6) is 0 Å².